The van der Waals surface area contributed by atoms with E-state index in [-0.39, 0.29) is 5.91 Å². The van der Waals surface area contributed by atoms with Gasteiger partial charge < -0.3 is 15.1 Å². The van der Waals surface area contributed by atoms with Crippen LogP contribution in [0.25, 0.3) is 0 Å². The molecule has 1 fully saturated rings. The molecule has 0 radical (unpaired) electrons. The van der Waals surface area contributed by atoms with Crippen LogP contribution in [0.15, 0.2) is 42.7 Å². The van der Waals surface area contributed by atoms with Crippen LogP contribution in [0.4, 0.5) is 11.6 Å². The van der Waals surface area contributed by atoms with Crippen LogP contribution in [0.2, 0.25) is 0 Å². The monoisotopic (exact) mass is 336 g/mol. The molecule has 3 rings (SSSR count). The predicted octanol–water partition coefficient (Wildman–Crippen LogP) is 1.50. The Hall–Kier alpha value is -3.14. The van der Waals surface area contributed by atoms with E-state index in [1.807, 2.05) is 17.0 Å². The summed E-state index contributed by atoms with van der Waals surface area (Å²) in [5.74, 6) is 0.867. The zero-order valence-electron chi connectivity index (χ0n) is 13.9. The first kappa shape index (κ1) is 16.7. The lowest BCUT2D eigenvalue weighted by molar-refractivity contribution is -0.131. The van der Waals surface area contributed by atoms with Gasteiger partial charge in [0.1, 0.15) is 0 Å². The maximum atomic E-state index is 12.3. The van der Waals surface area contributed by atoms with E-state index in [1.165, 1.54) is 0 Å². The number of benzene rings is 1. The molecule has 7 nitrogen and oxygen atoms in total. The number of hydrogen-bond acceptors (Lipinski definition) is 6. The fraction of sp³-hybridized carbons (Fsp3) is 0.333. The first-order valence-electron chi connectivity index (χ1n) is 8.30. The number of piperazine rings is 1. The van der Waals surface area contributed by atoms with Crippen LogP contribution in [-0.2, 0) is 4.79 Å². The maximum Gasteiger partial charge on any atom is 0.225 e. The number of nitrogens with zero attached hydrogens (tertiary/aromatic N) is 5. The Morgan fingerprint density at radius 3 is 2.44 bits per heavy atom. The lowest BCUT2D eigenvalue weighted by Crippen LogP contribution is -2.49. The third-order valence-electron chi connectivity index (χ3n) is 4.15. The van der Waals surface area contributed by atoms with Crippen molar-refractivity contribution in [3.8, 4) is 6.07 Å². The number of hydrogen-bond donors (Lipinski definition) is 1. The molecule has 1 N–H and O–H groups in total. The van der Waals surface area contributed by atoms with Crippen molar-refractivity contribution < 1.29 is 4.79 Å². The van der Waals surface area contributed by atoms with Crippen LogP contribution in [0.5, 0.6) is 0 Å². The van der Waals surface area contributed by atoms with E-state index in [2.05, 4.69) is 26.3 Å². The highest BCUT2D eigenvalue weighted by atomic mass is 16.2. The Labute approximate surface area is 146 Å². The van der Waals surface area contributed by atoms with Crippen molar-refractivity contribution in [2.75, 3.05) is 42.9 Å². The summed E-state index contributed by atoms with van der Waals surface area (Å²) in [6.45, 7) is 3.45. The molecule has 0 saturated carbocycles. The third-order valence-corrected chi connectivity index (χ3v) is 4.15. The Balaban J connectivity index is 1.41. The molecule has 0 unspecified atom stereocenters. The van der Waals surface area contributed by atoms with Crippen molar-refractivity contribution >= 4 is 17.5 Å². The molecule has 2 heterocycles. The Kier molecular flexibility index (Phi) is 5.42. The number of nitriles is 1. The van der Waals surface area contributed by atoms with Crippen LogP contribution in [0.1, 0.15) is 12.0 Å². The van der Waals surface area contributed by atoms with Gasteiger partial charge in [0.2, 0.25) is 11.9 Å². The summed E-state index contributed by atoms with van der Waals surface area (Å²) in [4.78, 5) is 24.8. The van der Waals surface area contributed by atoms with Crippen molar-refractivity contribution in [1.29, 1.82) is 5.26 Å². The standard InChI is InChI=1S/C18H20N6O/c19-14-15-2-4-16(5-3-15)20-9-6-17(25)23-10-12-24(13-11-23)18-21-7-1-8-22-18/h1-5,7-8,20H,6,9-13H2. The molecular weight excluding hydrogens is 316 g/mol. The van der Waals surface area contributed by atoms with E-state index >= 15 is 0 Å². The van der Waals surface area contributed by atoms with Crippen LogP contribution in [0.3, 0.4) is 0 Å². The predicted molar refractivity (Wildman–Crippen MR) is 95.1 cm³/mol. The fourth-order valence-corrected chi connectivity index (χ4v) is 2.74. The van der Waals surface area contributed by atoms with E-state index in [0.717, 1.165) is 24.7 Å². The number of carbonyl (C=O) groups is 1. The van der Waals surface area contributed by atoms with Crippen molar-refractivity contribution in [2.45, 2.75) is 6.42 Å². The summed E-state index contributed by atoms with van der Waals surface area (Å²) in [6, 6.07) is 11.1. The molecule has 1 aromatic carbocycles. The molecule has 25 heavy (non-hydrogen) atoms. The van der Waals surface area contributed by atoms with Crippen molar-refractivity contribution in [2.24, 2.45) is 0 Å². The Morgan fingerprint density at radius 2 is 1.80 bits per heavy atom. The second-order valence-corrected chi connectivity index (χ2v) is 5.78. The van der Waals surface area contributed by atoms with Gasteiger partial charge >= 0.3 is 0 Å². The SMILES string of the molecule is N#Cc1ccc(NCCC(=O)N2CCN(c3ncccn3)CC2)cc1. The van der Waals surface area contributed by atoms with Gasteiger partial charge in [0.05, 0.1) is 11.6 Å². The summed E-state index contributed by atoms with van der Waals surface area (Å²) in [5, 5.41) is 12.0. The largest absolute Gasteiger partial charge is 0.385 e. The smallest absolute Gasteiger partial charge is 0.225 e. The number of nitrogens with one attached hydrogen (secondary N) is 1. The van der Waals surface area contributed by atoms with Crippen LogP contribution < -0.4 is 10.2 Å². The van der Waals surface area contributed by atoms with E-state index in [9.17, 15) is 4.79 Å². The molecule has 2 aromatic rings. The second-order valence-electron chi connectivity index (χ2n) is 5.78. The highest BCUT2D eigenvalue weighted by Gasteiger charge is 2.21. The lowest BCUT2D eigenvalue weighted by Gasteiger charge is -2.34. The normalized spacial score (nSPS) is 14.0. The van der Waals surface area contributed by atoms with Gasteiger partial charge in [0, 0.05) is 57.2 Å². The first-order valence-corrected chi connectivity index (χ1v) is 8.30. The molecule has 0 atom stereocenters. The van der Waals surface area contributed by atoms with Crippen molar-refractivity contribution in [3.05, 3.63) is 48.3 Å². The minimum atomic E-state index is 0.148. The van der Waals surface area contributed by atoms with Crippen LogP contribution in [-0.4, -0.2) is 53.5 Å². The van der Waals surface area contributed by atoms with Gasteiger partial charge in [-0.25, -0.2) is 9.97 Å². The number of rotatable bonds is 5. The quantitative estimate of drug-likeness (QED) is 0.891. The summed E-state index contributed by atoms with van der Waals surface area (Å²) in [6.07, 6.45) is 3.91. The Bertz CT molecular complexity index is 732. The summed E-state index contributed by atoms with van der Waals surface area (Å²) >= 11 is 0. The number of amides is 1. The van der Waals surface area contributed by atoms with E-state index in [4.69, 9.17) is 5.26 Å². The average Bonchev–Trinajstić information content (AvgIpc) is 2.69. The van der Waals surface area contributed by atoms with Crippen LogP contribution in [0, 0.1) is 11.3 Å². The zero-order chi connectivity index (χ0) is 17.5. The highest BCUT2D eigenvalue weighted by Crippen LogP contribution is 2.11. The molecule has 128 valence electrons. The van der Waals surface area contributed by atoms with Gasteiger partial charge in [-0.3, -0.25) is 4.79 Å². The molecule has 7 heteroatoms. The number of aromatic nitrogens is 2. The van der Waals surface area contributed by atoms with Gasteiger partial charge in [0.25, 0.3) is 0 Å². The molecule has 1 aliphatic rings. The minimum absolute atomic E-state index is 0.148. The third kappa shape index (κ3) is 4.44. The number of carbonyl (C=O) groups excluding carboxylic acids is 1. The van der Waals surface area contributed by atoms with Gasteiger partial charge in [-0.1, -0.05) is 0 Å². The molecule has 0 aliphatic carbocycles. The molecule has 1 amide bonds. The number of anilines is 2. The minimum Gasteiger partial charge on any atom is -0.385 e. The van der Waals surface area contributed by atoms with Crippen molar-refractivity contribution in [1.82, 2.24) is 14.9 Å². The van der Waals surface area contributed by atoms with Gasteiger partial charge in [-0.05, 0) is 30.3 Å². The summed E-state index contributed by atoms with van der Waals surface area (Å²) < 4.78 is 0. The lowest BCUT2D eigenvalue weighted by atomic mass is 10.2. The molecule has 1 aromatic heterocycles. The van der Waals surface area contributed by atoms with E-state index in [0.29, 0.717) is 31.6 Å². The molecular formula is C18H20N6O. The second kappa shape index (κ2) is 8.11. The van der Waals surface area contributed by atoms with Gasteiger partial charge in [0.15, 0.2) is 0 Å². The maximum absolute atomic E-state index is 12.3. The van der Waals surface area contributed by atoms with E-state index in [1.54, 1.807) is 30.6 Å². The topological polar surface area (TPSA) is 85.2 Å². The molecule has 0 spiro atoms. The summed E-state index contributed by atoms with van der Waals surface area (Å²) in [5.41, 5.74) is 1.54. The van der Waals surface area contributed by atoms with Crippen molar-refractivity contribution in [3.63, 3.8) is 0 Å². The Morgan fingerprint density at radius 1 is 1.12 bits per heavy atom. The van der Waals surface area contributed by atoms with Crippen LogP contribution >= 0.6 is 0 Å². The van der Waals surface area contributed by atoms with E-state index < -0.39 is 0 Å². The highest BCUT2D eigenvalue weighted by molar-refractivity contribution is 5.77. The molecule has 1 saturated heterocycles. The zero-order valence-corrected chi connectivity index (χ0v) is 13.9. The van der Waals surface area contributed by atoms with Gasteiger partial charge in [-0.2, -0.15) is 5.26 Å². The molecule has 1 aliphatic heterocycles. The average molecular weight is 336 g/mol. The van der Waals surface area contributed by atoms with Gasteiger partial charge in [-0.15, -0.1) is 0 Å². The summed E-state index contributed by atoms with van der Waals surface area (Å²) in [7, 11) is 0. The fourth-order valence-electron chi connectivity index (χ4n) is 2.74. The molecule has 0 bridgehead atoms. The first-order chi connectivity index (χ1) is 12.3.